The first-order valence-corrected chi connectivity index (χ1v) is 8.42. The van der Waals surface area contributed by atoms with Crippen LogP contribution >= 0.6 is 12.4 Å². The van der Waals surface area contributed by atoms with Gasteiger partial charge in [-0.2, -0.15) is 0 Å². The molecule has 2 aliphatic heterocycles. The Morgan fingerprint density at radius 1 is 1.32 bits per heavy atom. The molecule has 8 heteroatoms. The van der Waals surface area contributed by atoms with Gasteiger partial charge in [0.2, 0.25) is 5.82 Å². The number of amides is 1. The summed E-state index contributed by atoms with van der Waals surface area (Å²) in [5, 5.41) is 7.78. The molecule has 2 atom stereocenters. The first-order chi connectivity index (χ1) is 11.8. The number of nitrogens with one attached hydrogen (secondary N) is 1. The van der Waals surface area contributed by atoms with Crippen molar-refractivity contribution in [2.75, 3.05) is 26.2 Å². The summed E-state index contributed by atoms with van der Waals surface area (Å²) in [5.41, 5.74) is 0.920. The quantitative estimate of drug-likeness (QED) is 0.883. The fourth-order valence-electron chi connectivity index (χ4n) is 3.41. The molecule has 25 heavy (non-hydrogen) atoms. The molecule has 1 aromatic heterocycles. The fourth-order valence-corrected chi connectivity index (χ4v) is 3.41. The van der Waals surface area contributed by atoms with Gasteiger partial charge >= 0.3 is 0 Å². The minimum absolute atomic E-state index is 0. The average Bonchev–Trinajstić information content (AvgIpc) is 3.28. The van der Waals surface area contributed by atoms with Gasteiger partial charge in [0.1, 0.15) is 5.82 Å². The van der Waals surface area contributed by atoms with Crippen LogP contribution in [0.15, 0.2) is 30.3 Å². The van der Waals surface area contributed by atoms with Crippen LogP contribution in [-0.4, -0.2) is 64.0 Å². The molecule has 2 aromatic rings. The van der Waals surface area contributed by atoms with Crippen molar-refractivity contribution in [3.05, 3.63) is 42.0 Å². The number of benzene rings is 1. The number of hydrogen-bond acceptors (Lipinski definition) is 5. The highest BCUT2D eigenvalue weighted by Crippen LogP contribution is 2.20. The van der Waals surface area contributed by atoms with Gasteiger partial charge in [0, 0.05) is 26.1 Å². The molecule has 0 spiro atoms. The average molecular weight is 364 g/mol. The Balaban J connectivity index is 0.00000182. The number of ether oxygens (including phenoxy) is 1. The predicted octanol–water partition coefficient (Wildman–Crippen LogP) is 1.06. The van der Waals surface area contributed by atoms with E-state index >= 15 is 0 Å². The molecule has 1 aromatic carbocycles. The van der Waals surface area contributed by atoms with Crippen molar-refractivity contribution in [1.29, 1.82) is 0 Å². The summed E-state index contributed by atoms with van der Waals surface area (Å²) in [5.74, 6) is 0.948. The van der Waals surface area contributed by atoms with Crippen molar-refractivity contribution < 1.29 is 9.53 Å². The third-order valence-corrected chi connectivity index (χ3v) is 4.64. The fraction of sp³-hybridized carbons (Fsp3) is 0.471. The van der Waals surface area contributed by atoms with Crippen molar-refractivity contribution in [2.24, 2.45) is 0 Å². The smallest absolute Gasteiger partial charge is 0.294 e. The monoisotopic (exact) mass is 363 g/mol. The van der Waals surface area contributed by atoms with Gasteiger partial charge in [0.15, 0.2) is 0 Å². The van der Waals surface area contributed by atoms with Crippen LogP contribution in [0.25, 0.3) is 5.69 Å². The molecule has 0 aliphatic carbocycles. The Morgan fingerprint density at radius 2 is 2.12 bits per heavy atom. The van der Waals surface area contributed by atoms with E-state index in [9.17, 15) is 4.79 Å². The number of hydrogen-bond donors (Lipinski definition) is 1. The standard InChI is InChI=1S/C17H21N5O2.ClH/c1-2-15-19-16(20-22(15)12-6-4-3-5-7-12)17(23)21-8-9-24-14-11-18-10-13(14)21;/h3-7,13-14,18H,2,8-11H2,1H3;1H/t13-,14+;/m1./s1. The predicted molar refractivity (Wildman–Crippen MR) is 95.4 cm³/mol. The van der Waals surface area contributed by atoms with Crippen LogP contribution in [0.4, 0.5) is 0 Å². The third-order valence-electron chi connectivity index (χ3n) is 4.64. The summed E-state index contributed by atoms with van der Waals surface area (Å²) in [7, 11) is 0. The SMILES string of the molecule is CCc1nc(C(=O)N2CCO[C@H]3CNC[C@H]32)nn1-c1ccccc1.Cl. The van der Waals surface area contributed by atoms with E-state index in [0.717, 1.165) is 24.6 Å². The summed E-state index contributed by atoms with van der Waals surface area (Å²) in [6.45, 7) is 4.72. The zero-order valence-electron chi connectivity index (χ0n) is 14.1. The highest BCUT2D eigenvalue weighted by molar-refractivity contribution is 5.91. The maximum Gasteiger partial charge on any atom is 0.294 e. The molecule has 1 amide bonds. The maximum absolute atomic E-state index is 13.0. The second-order valence-corrected chi connectivity index (χ2v) is 6.09. The summed E-state index contributed by atoms with van der Waals surface area (Å²) in [6, 6.07) is 9.87. The lowest BCUT2D eigenvalue weighted by Crippen LogP contribution is -2.53. The first kappa shape index (κ1) is 17.8. The Kier molecular flexibility index (Phi) is 5.36. The topological polar surface area (TPSA) is 72.3 Å². The molecular formula is C17H22ClN5O2. The molecule has 0 radical (unpaired) electrons. The zero-order valence-corrected chi connectivity index (χ0v) is 14.9. The second kappa shape index (κ2) is 7.51. The molecule has 2 saturated heterocycles. The van der Waals surface area contributed by atoms with Gasteiger partial charge in [-0.25, -0.2) is 9.67 Å². The Bertz CT molecular complexity index is 736. The summed E-state index contributed by atoms with van der Waals surface area (Å²) >= 11 is 0. The number of aromatic nitrogens is 3. The number of carbonyl (C=O) groups is 1. The Labute approximate surface area is 152 Å². The summed E-state index contributed by atoms with van der Waals surface area (Å²) in [4.78, 5) is 19.3. The number of carbonyl (C=O) groups excluding carboxylic acids is 1. The summed E-state index contributed by atoms with van der Waals surface area (Å²) in [6.07, 6.45) is 0.788. The Morgan fingerprint density at radius 3 is 2.88 bits per heavy atom. The van der Waals surface area contributed by atoms with E-state index in [1.54, 1.807) is 4.68 Å². The molecule has 0 saturated carbocycles. The number of para-hydroxylation sites is 1. The highest BCUT2D eigenvalue weighted by Gasteiger charge is 2.39. The zero-order chi connectivity index (χ0) is 16.5. The van der Waals surface area contributed by atoms with Gasteiger partial charge in [0.05, 0.1) is 24.4 Å². The van der Waals surface area contributed by atoms with E-state index in [-0.39, 0.29) is 36.3 Å². The number of aryl methyl sites for hydroxylation is 1. The van der Waals surface area contributed by atoms with Crippen LogP contribution in [0, 0.1) is 0 Å². The minimum atomic E-state index is -0.110. The molecule has 2 fully saturated rings. The lowest BCUT2D eigenvalue weighted by Gasteiger charge is -2.36. The summed E-state index contributed by atoms with van der Waals surface area (Å²) < 4.78 is 7.50. The molecular weight excluding hydrogens is 342 g/mol. The molecule has 7 nitrogen and oxygen atoms in total. The normalized spacial score (nSPS) is 22.4. The van der Waals surface area contributed by atoms with E-state index in [2.05, 4.69) is 15.4 Å². The number of halogens is 1. The first-order valence-electron chi connectivity index (χ1n) is 8.42. The van der Waals surface area contributed by atoms with Crippen molar-refractivity contribution in [2.45, 2.75) is 25.5 Å². The minimum Gasteiger partial charge on any atom is -0.373 e. The van der Waals surface area contributed by atoms with Gasteiger partial charge in [-0.15, -0.1) is 17.5 Å². The van der Waals surface area contributed by atoms with Gasteiger partial charge in [-0.3, -0.25) is 4.79 Å². The van der Waals surface area contributed by atoms with Gasteiger partial charge in [0.25, 0.3) is 5.91 Å². The van der Waals surface area contributed by atoms with Crippen LogP contribution in [0.3, 0.4) is 0 Å². The van der Waals surface area contributed by atoms with Gasteiger partial charge < -0.3 is 15.0 Å². The molecule has 2 aliphatic rings. The van der Waals surface area contributed by atoms with Gasteiger partial charge in [-0.05, 0) is 12.1 Å². The van der Waals surface area contributed by atoms with Crippen LogP contribution in [0.1, 0.15) is 23.4 Å². The molecule has 1 N–H and O–H groups in total. The van der Waals surface area contributed by atoms with Crippen LogP contribution in [0.2, 0.25) is 0 Å². The van der Waals surface area contributed by atoms with Crippen LogP contribution < -0.4 is 5.32 Å². The molecule has 0 bridgehead atoms. The third kappa shape index (κ3) is 3.27. The number of morpholine rings is 1. The van der Waals surface area contributed by atoms with Crippen molar-refractivity contribution in [3.8, 4) is 5.69 Å². The van der Waals surface area contributed by atoms with Crippen molar-refractivity contribution >= 4 is 18.3 Å². The number of fused-ring (bicyclic) bond motifs is 1. The van der Waals surface area contributed by atoms with E-state index < -0.39 is 0 Å². The largest absolute Gasteiger partial charge is 0.373 e. The van der Waals surface area contributed by atoms with Crippen LogP contribution in [-0.2, 0) is 11.2 Å². The van der Waals surface area contributed by atoms with E-state index in [4.69, 9.17) is 4.74 Å². The number of rotatable bonds is 3. The van der Waals surface area contributed by atoms with E-state index in [0.29, 0.717) is 19.6 Å². The highest BCUT2D eigenvalue weighted by atomic mass is 35.5. The van der Waals surface area contributed by atoms with Crippen LogP contribution in [0.5, 0.6) is 0 Å². The molecule has 3 heterocycles. The lowest BCUT2D eigenvalue weighted by molar-refractivity contribution is -0.0368. The molecule has 0 unspecified atom stereocenters. The molecule has 4 rings (SSSR count). The number of nitrogens with zero attached hydrogens (tertiary/aromatic N) is 4. The van der Waals surface area contributed by atoms with Crippen molar-refractivity contribution in [3.63, 3.8) is 0 Å². The van der Waals surface area contributed by atoms with E-state index in [1.165, 1.54) is 0 Å². The Hall–Kier alpha value is -1.96. The van der Waals surface area contributed by atoms with E-state index in [1.807, 2.05) is 42.2 Å². The maximum atomic E-state index is 13.0. The second-order valence-electron chi connectivity index (χ2n) is 6.09. The van der Waals surface area contributed by atoms with Crippen molar-refractivity contribution in [1.82, 2.24) is 25.0 Å². The van der Waals surface area contributed by atoms with Gasteiger partial charge in [-0.1, -0.05) is 25.1 Å². The molecule has 134 valence electrons. The lowest BCUT2D eigenvalue weighted by atomic mass is 10.1.